The van der Waals surface area contributed by atoms with Gasteiger partial charge in [-0.15, -0.1) is 0 Å². The van der Waals surface area contributed by atoms with E-state index < -0.39 is 0 Å². The molecule has 4 aliphatic carbocycles. The monoisotopic (exact) mass is 502 g/mol. The summed E-state index contributed by atoms with van der Waals surface area (Å²) >= 11 is 0. The molecular weight excluding hydrogens is 448 g/mol. The Morgan fingerprint density at radius 2 is 1.64 bits per heavy atom. The van der Waals surface area contributed by atoms with E-state index in [4.69, 9.17) is 4.74 Å². The van der Waals surface area contributed by atoms with E-state index in [9.17, 15) is 15.0 Å². The number of fused-ring (bicyclic) bond motifs is 5. The van der Waals surface area contributed by atoms with Gasteiger partial charge in [-0.05, 0) is 112 Å². The molecule has 0 bridgehead atoms. The highest BCUT2D eigenvalue weighted by Gasteiger charge is 2.64. The third kappa shape index (κ3) is 5.75. The summed E-state index contributed by atoms with van der Waals surface area (Å²) in [5, 5.41) is 22.7. The van der Waals surface area contributed by atoms with E-state index in [0.717, 1.165) is 57.8 Å². The molecule has 0 saturated heterocycles. The van der Waals surface area contributed by atoms with Crippen LogP contribution in [-0.2, 0) is 9.53 Å². The number of hydrogen-bond acceptors (Lipinski definition) is 4. The van der Waals surface area contributed by atoms with Gasteiger partial charge in [0.1, 0.15) is 6.10 Å². The van der Waals surface area contributed by atoms with Crippen LogP contribution in [0.15, 0.2) is 12.2 Å². The Bertz CT molecular complexity index is 763. The fraction of sp³-hybridized carbons (Fsp3) is 0.906. The molecule has 4 nitrogen and oxygen atoms in total. The lowest BCUT2D eigenvalue weighted by atomic mass is 9.44. The van der Waals surface area contributed by atoms with Crippen molar-refractivity contribution in [3.63, 3.8) is 0 Å². The zero-order chi connectivity index (χ0) is 25.9. The maximum atomic E-state index is 12.6. The Labute approximate surface area is 220 Å². The number of ether oxygens (including phenoxy) is 1. The van der Waals surface area contributed by atoms with Crippen LogP contribution in [0, 0.1) is 40.4 Å². The second-order valence-electron chi connectivity index (χ2n) is 13.7. The Morgan fingerprint density at radius 3 is 2.39 bits per heavy atom. The third-order valence-electron chi connectivity index (χ3n) is 11.3. The highest BCUT2D eigenvalue weighted by atomic mass is 16.5. The second kappa shape index (κ2) is 11.9. The summed E-state index contributed by atoms with van der Waals surface area (Å²) < 4.78 is 5.97. The molecule has 0 spiro atoms. The number of aliphatic hydroxyl groups is 2. The lowest BCUT2D eigenvalue weighted by molar-refractivity contribution is -0.200. The first-order valence-corrected chi connectivity index (χ1v) is 15.4. The highest BCUT2D eigenvalue weighted by Crippen LogP contribution is 2.67. The smallest absolute Gasteiger partial charge is 0.306 e. The minimum Gasteiger partial charge on any atom is -0.462 e. The van der Waals surface area contributed by atoms with Gasteiger partial charge in [-0.1, -0.05) is 58.6 Å². The summed E-state index contributed by atoms with van der Waals surface area (Å²) in [6.45, 7) is 9.10. The first-order chi connectivity index (χ1) is 17.2. The molecule has 0 amide bonds. The van der Waals surface area contributed by atoms with E-state index in [1.165, 1.54) is 32.1 Å². The van der Waals surface area contributed by atoms with E-state index >= 15 is 0 Å². The van der Waals surface area contributed by atoms with Gasteiger partial charge in [0, 0.05) is 6.42 Å². The highest BCUT2D eigenvalue weighted by molar-refractivity contribution is 5.69. The summed E-state index contributed by atoms with van der Waals surface area (Å²) in [4.78, 5) is 12.6. The maximum Gasteiger partial charge on any atom is 0.306 e. The average molecular weight is 503 g/mol. The zero-order valence-electron chi connectivity index (χ0n) is 23.6. The molecule has 10 atom stereocenters. The Morgan fingerprint density at radius 1 is 0.944 bits per heavy atom. The quantitative estimate of drug-likeness (QED) is 0.188. The molecule has 4 heteroatoms. The molecule has 4 fully saturated rings. The lowest BCUT2D eigenvalue weighted by Gasteiger charge is -2.62. The predicted octanol–water partition coefficient (Wildman–Crippen LogP) is 7.22. The summed E-state index contributed by atoms with van der Waals surface area (Å²) in [7, 11) is 0. The molecule has 0 radical (unpaired) electrons. The Hall–Kier alpha value is -0.870. The van der Waals surface area contributed by atoms with Crippen LogP contribution in [0.2, 0.25) is 0 Å². The molecule has 36 heavy (non-hydrogen) atoms. The van der Waals surface area contributed by atoms with Crippen molar-refractivity contribution < 1.29 is 19.7 Å². The van der Waals surface area contributed by atoms with Crippen LogP contribution in [-0.4, -0.2) is 34.5 Å². The Balaban J connectivity index is 1.25. The van der Waals surface area contributed by atoms with E-state index in [1.807, 2.05) is 0 Å². The molecule has 2 N–H and O–H groups in total. The van der Waals surface area contributed by atoms with Crippen molar-refractivity contribution in [1.82, 2.24) is 0 Å². The summed E-state index contributed by atoms with van der Waals surface area (Å²) in [6, 6.07) is 0. The molecule has 0 heterocycles. The van der Waals surface area contributed by atoms with Crippen molar-refractivity contribution in [2.75, 3.05) is 0 Å². The maximum absolute atomic E-state index is 12.6. The van der Waals surface area contributed by atoms with Gasteiger partial charge in [0.25, 0.3) is 0 Å². The molecule has 0 aliphatic heterocycles. The molecule has 4 unspecified atom stereocenters. The largest absolute Gasteiger partial charge is 0.462 e. The standard InChI is InChI=1S/C32H54O4/c1-5-6-7-8-9-10-11-12-13-14-29(35)36-24-15-16-31(3)23(18-24)19-27(33)30-25-17-22(2)21-32(25,4)28(34)20-26(30)31/h5-6,22-28,30,33-34H,7-21H2,1-4H3/t22-,23-,24+,25-,26?,27-,28?,30+,31?,32?/m1/s1. The van der Waals surface area contributed by atoms with E-state index in [1.54, 1.807) is 0 Å². The molecule has 0 aromatic rings. The van der Waals surface area contributed by atoms with Crippen LogP contribution in [0.1, 0.15) is 124 Å². The van der Waals surface area contributed by atoms with Gasteiger partial charge >= 0.3 is 5.97 Å². The van der Waals surface area contributed by atoms with Gasteiger partial charge in [-0.25, -0.2) is 0 Å². The predicted molar refractivity (Wildman–Crippen MR) is 145 cm³/mol. The summed E-state index contributed by atoms with van der Waals surface area (Å²) in [5.74, 6) is 2.08. The number of rotatable bonds is 10. The number of carbonyl (C=O) groups excluding carboxylic acids is 1. The molecular formula is C32H54O4. The molecule has 4 saturated carbocycles. The molecule has 0 aromatic heterocycles. The summed E-state index contributed by atoms with van der Waals surface area (Å²) in [6.07, 6.45) is 19.3. The number of esters is 1. The number of allylic oxidation sites excluding steroid dienone is 2. The van der Waals surface area contributed by atoms with Crippen molar-refractivity contribution in [3.05, 3.63) is 12.2 Å². The molecule has 4 rings (SSSR count). The van der Waals surface area contributed by atoms with Crippen LogP contribution < -0.4 is 0 Å². The van der Waals surface area contributed by atoms with Crippen molar-refractivity contribution in [2.24, 2.45) is 40.4 Å². The SMILES string of the molecule is CC=CCCCCCCCCC(=O)O[C@H]1CCC2(C)C3CC(O)C4(C)C[C@H](C)C[C@@H]4[C@@H]3[C@H](O)C[C@H]2C1. The van der Waals surface area contributed by atoms with Crippen LogP contribution in [0.4, 0.5) is 0 Å². The fourth-order valence-electron chi connectivity index (χ4n) is 9.30. The summed E-state index contributed by atoms with van der Waals surface area (Å²) in [5.41, 5.74) is 0.0950. The van der Waals surface area contributed by atoms with Gasteiger partial charge < -0.3 is 14.9 Å². The number of carbonyl (C=O) groups is 1. The van der Waals surface area contributed by atoms with Crippen LogP contribution in [0.25, 0.3) is 0 Å². The van der Waals surface area contributed by atoms with Gasteiger partial charge in [0.2, 0.25) is 0 Å². The first-order valence-electron chi connectivity index (χ1n) is 15.4. The minimum atomic E-state index is -0.289. The number of unbranched alkanes of at least 4 members (excludes halogenated alkanes) is 6. The van der Waals surface area contributed by atoms with Gasteiger partial charge in [-0.2, -0.15) is 0 Å². The number of aliphatic hydroxyl groups excluding tert-OH is 2. The molecule has 0 aromatic carbocycles. The van der Waals surface area contributed by atoms with Crippen LogP contribution in [0.3, 0.4) is 0 Å². The zero-order valence-corrected chi connectivity index (χ0v) is 23.6. The van der Waals surface area contributed by atoms with E-state index in [0.29, 0.717) is 36.0 Å². The van der Waals surface area contributed by atoms with Crippen molar-refractivity contribution in [1.29, 1.82) is 0 Å². The topological polar surface area (TPSA) is 66.8 Å². The minimum absolute atomic E-state index is 0.00349. The number of hydrogen-bond donors (Lipinski definition) is 2. The van der Waals surface area contributed by atoms with Crippen LogP contribution >= 0.6 is 0 Å². The van der Waals surface area contributed by atoms with E-state index in [2.05, 4.69) is 39.8 Å². The van der Waals surface area contributed by atoms with Crippen molar-refractivity contribution >= 4 is 5.97 Å². The first kappa shape index (κ1) is 28.1. The lowest BCUT2D eigenvalue weighted by Crippen LogP contribution is -2.61. The van der Waals surface area contributed by atoms with Crippen molar-refractivity contribution in [3.8, 4) is 0 Å². The second-order valence-corrected chi connectivity index (χ2v) is 13.7. The molecule has 4 aliphatic rings. The fourth-order valence-corrected chi connectivity index (χ4v) is 9.30. The Kier molecular flexibility index (Phi) is 9.30. The normalized spacial score (nSPS) is 44.2. The van der Waals surface area contributed by atoms with E-state index in [-0.39, 0.29) is 35.1 Å². The van der Waals surface area contributed by atoms with Gasteiger partial charge in [0.05, 0.1) is 12.2 Å². The molecule has 206 valence electrons. The van der Waals surface area contributed by atoms with Crippen molar-refractivity contribution in [2.45, 2.75) is 142 Å². The van der Waals surface area contributed by atoms with Gasteiger partial charge in [-0.3, -0.25) is 4.79 Å². The van der Waals surface area contributed by atoms with Gasteiger partial charge in [0.15, 0.2) is 0 Å². The average Bonchev–Trinajstić information content (AvgIpc) is 3.14. The third-order valence-corrected chi connectivity index (χ3v) is 11.3. The van der Waals surface area contributed by atoms with Crippen LogP contribution in [0.5, 0.6) is 0 Å².